The number of rotatable bonds is 6. The minimum atomic E-state index is -0.317. The van der Waals surface area contributed by atoms with Gasteiger partial charge in [-0.2, -0.15) is 5.10 Å². The van der Waals surface area contributed by atoms with Crippen LogP contribution in [0.15, 0.2) is 23.1 Å². The van der Waals surface area contributed by atoms with Crippen molar-refractivity contribution in [1.82, 2.24) is 20.0 Å². The van der Waals surface area contributed by atoms with Gasteiger partial charge in [-0.1, -0.05) is 36.2 Å². The van der Waals surface area contributed by atoms with Crippen LogP contribution in [0.1, 0.15) is 46.8 Å². The van der Waals surface area contributed by atoms with Gasteiger partial charge in [-0.05, 0) is 65.7 Å². The maximum atomic E-state index is 12.4. The quantitative estimate of drug-likeness (QED) is 0.690. The predicted molar refractivity (Wildman–Crippen MR) is 125 cm³/mol. The van der Waals surface area contributed by atoms with Gasteiger partial charge in [0.25, 0.3) is 11.5 Å². The highest BCUT2D eigenvalue weighted by Crippen LogP contribution is 2.53. The molecule has 1 saturated heterocycles. The standard InChI is InChI=1S/C24H28Cl2N4O2/c1-14(5-17-9-27-28-22(31)21(17)26)10-30-12-24(13-30)7-15(8-24)6-16-3-4-19(25)20-18(16)11-29(2)23(20)32/h3-4,9,14-15H,5-8,10-13H2,1-2H3,(H,28,31). The zero-order valence-corrected chi connectivity index (χ0v) is 20.0. The lowest BCUT2D eigenvalue weighted by Crippen LogP contribution is -2.63. The number of likely N-dealkylation sites (tertiary alicyclic amines) is 1. The van der Waals surface area contributed by atoms with E-state index in [1.807, 2.05) is 13.1 Å². The fraction of sp³-hybridized carbons (Fsp3) is 0.542. The van der Waals surface area contributed by atoms with Gasteiger partial charge in [0.1, 0.15) is 5.02 Å². The molecule has 0 radical (unpaired) electrons. The fourth-order valence-electron chi connectivity index (χ4n) is 6.12. The Morgan fingerprint density at radius 2 is 1.97 bits per heavy atom. The Bertz CT molecular complexity index is 1120. The molecule has 8 heteroatoms. The van der Waals surface area contributed by atoms with Crippen molar-refractivity contribution in [2.24, 2.45) is 17.3 Å². The third-order valence-electron chi connectivity index (χ3n) is 7.39. The molecule has 3 heterocycles. The van der Waals surface area contributed by atoms with Crippen molar-refractivity contribution in [3.8, 4) is 0 Å². The summed E-state index contributed by atoms with van der Waals surface area (Å²) in [6.07, 6.45) is 5.96. The largest absolute Gasteiger partial charge is 0.337 e. The van der Waals surface area contributed by atoms with Crippen molar-refractivity contribution in [3.05, 3.63) is 61.0 Å². The average Bonchev–Trinajstić information content (AvgIpc) is 2.99. The van der Waals surface area contributed by atoms with E-state index in [1.54, 1.807) is 11.1 Å². The number of benzene rings is 1. The summed E-state index contributed by atoms with van der Waals surface area (Å²) >= 11 is 12.4. The first-order chi connectivity index (χ1) is 15.2. The summed E-state index contributed by atoms with van der Waals surface area (Å²) in [7, 11) is 1.84. The molecule has 1 atom stereocenters. The van der Waals surface area contributed by atoms with Gasteiger partial charge in [0, 0.05) is 33.2 Å². The number of carbonyl (C=O) groups excluding carboxylic acids is 1. The first-order valence-corrected chi connectivity index (χ1v) is 12.0. The van der Waals surface area contributed by atoms with Crippen LogP contribution in [0.3, 0.4) is 0 Å². The molecule has 2 fully saturated rings. The van der Waals surface area contributed by atoms with Gasteiger partial charge in [-0.15, -0.1) is 0 Å². The highest BCUT2D eigenvalue weighted by atomic mass is 35.5. The van der Waals surface area contributed by atoms with Gasteiger partial charge < -0.3 is 9.80 Å². The zero-order valence-electron chi connectivity index (χ0n) is 18.5. The molecule has 1 spiro atoms. The van der Waals surface area contributed by atoms with E-state index in [9.17, 15) is 9.59 Å². The molecule has 3 aliphatic rings. The Morgan fingerprint density at radius 3 is 2.72 bits per heavy atom. The van der Waals surface area contributed by atoms with E-state index in [0.717, 1.165) is 43.6 Å². The SMILES string of the molecule is CC(Cc1cn[nH]c(=O)c1Cl)CN1CC2(CC(Cc3ccc(Cl)c4c3CN(C)C4=O)C2)C1. The molecule has 1 amide bonds. The van der Waals surface area contributed by atoms with Crippen molar-refractivity contribution in [1.29, 1.82) is 0 Å². The first-order valence-electron chi connectivity index (χ1n) is 11.2. The molecule has 6 nitrogen and oxygen atoms in total. The lowest BCUT2D eigenvalue weighted by Gasteiger charge is -2.60. The molecule has 0 bridgehead atoms. The highest BCUT2D eigenvalue weighted by molar-refractivity contribution is 6.34. The Morgan fingerprint density at radius 1 is 1.22 bits per heavy atom. The second-order valence-corrected chi connectivity index (χ2v) is 11.0. The normalized spacial score (nSPS) is 20.9. The van der Waals surface area contributed by atoms with E-state index in [-0.39, 0.29) is 16.5 Å². The van der Waals surface area contributed by atoms with Crippen LogP contribution in [-0.4, -0.2) is 52.6 Å². The van der Waals surface area contributed by atoms with Crippen molar-refractivity contribution >= 4 is 29.1 Å². The molecule has 1 aromatic carbocycles. The summed E-state index contributed by atoms with van der Waals surface area (Å²) in [6.45, 7) is 6.17. The molecule has 1 N–H and O–H groups in total. The lowest BCUT2D eigenvalue weighted by atomic mass is 9.56. The average molecular weight is 475 g/mol. The molecule has 1 aromatic heterocycles. The maximum Gasteiger partial charge on any atom is 0.283 e. The summed E-state index contributed by atoms with van der Waals surface area (Å²) in [5.41, 5.74) is 4.09. The number of aromatic amines is 1. The van der Waals surface area contributed by atoms with E-state index < -0.39 is 0 Å². The number of hydrogen-bond donors (Lipinski definition) is 1. The van der Waals surface area contributed by atoms with Crippen LogP contribution >= 0.6 is 23.2 Å². The monoisotopic (exact) mass is 474 g/mol. The molecule has 1 unspecified atom stereocenters. The molecule has 1 saturated carbocycles. The van der Waals surface area contributed by atoms with E-state index in [4.69, 9.17) is 23.2 Å². The van der Waals surface area contributed by atoms with Crippen LogP contribution in [0, 0.1) is 17.3 Å². The fourth-order valence-corrected chi connectivity index (χ4v) is 6.54. The first kappa shape index (κ1) is 21.9. The Hall–Kier alpha value is -1.89. The maximum absolute atomic E-state index is 12.4. The molecule has 32 heavy (non-hydrogen) atoms. The van der Waals surface area contributed by atoms with Crippen molar-refractivity contribution in [2.75, 3.05) is 26.7 Å². The second-order valence-electron chi connectivity index (χ2n) is 10.2. The van der Waals surface area contributed by atoms with Gasteiger partial charge in [0.15, 0.2) is 0 Å². The summed E-state index contributed by atoms with van der Waals surface area (Å²) < 4.78 is 0. The predicted octanol–water partition coefficient (Wildman–Crippen LogP) is 3.80. The third kappa shape index (κ3) is 3.87. The third-order valence-corrected chi connectivity index (χ3v) is 8.12. The summed E-state index contributed by atoms with van der Waals surface area (Å²) in [6, 6.07) is 4.00. The molecule has 2 aromatic rings. The molecule has 1 aliphatic carbocycles. The van der Waals surface area contributed by atoms with Crippen molar-refractivity contribution in [3.63, 3.8) is 0 Å². The summed E-state index contributed by atoms with van der Waals surface area (Å²) in [5, 5.41) is 7.07. The number of aromatic nitrogens is 2. The number of hydrogen-bond acceptors (Lipinski definition) is 4. The number of nitrogens with zero attached hydrogens (tertiary/aromatic N) is 3. The van der Waals surface area contributed by atoms with E-state index in [0.29, 0.717) is 34.4 Å². The highest BCUT2D eigenvalue weighted by Gasteiger charge is 2.52. The minimum Gasteiger partial charge on any atom is -0.337 e. The lowest BCUT2D eigenvalue weighted by molar-refractivity contribution is -0.0980. The van der Waals surface area contributed by atoms with Gasteiger partial charge in [-0.25, -0.2) is 5.10 Å². The number of nitrogens with one attached hydrogen (secondary N) is 1. The molecular weight excluding hydrogens is 447 g/mol. The topological polar surface area (TPSA) is 69.3 Å². The number of fused-ring (bicyclic) bond motifs is 1. The van der Waals surface area contributed by atoms with Gasteiger partial charge in [-0.3, -0.25) is 9.59 Å². The second kappa shape index (κ2) is 8.15. The van der Waals surface area contributed by atoms with Crippen molar-refractivity contribution < 1.29 is 4.79 Å². The Labute approximate surface area is 197 Å². The van der Waals surface area contributed by atoms with Crippen LogP contribution in [0.2, 0.25) is 10.0 Å². The molecule has 2 aliphatic heterocycles. The number of H-pyrrole nitrogens is 1. The van der Waals surface area contributed by atoms with Gasteiger partial charge in [0.05, 0.1) is 16.8 Å². The number of carbonyl (C=O) groups is 1. The van der Waals surface area contributed by atoms with E-state index in [1.165, 1.54) is 18.4 Å². The molecule has 5 rings (SSSR count). The van der Waals surface area contributed by atoms with Crippen LogP contribution in [0.25, 0.3) is 0 Å². The molecule has 170 valence electrons. The van der Waals surface area contributed by atoms with Crippen LogP contribution < -0.4 is 5.56 Å². The summed E-state index contributed by atoms with van der Waals surface area (Å²) in [4.78, 5) is 28.3. The van der Waals surface area contributed by atoms with E-state index in [2.05, 4.69) is 28.1 Å². The van der Waals surface area contributed by atoms with Crippen molar-refractivity contribution in [2.45, 2.75) is 39.2 Å². The zero-order chi connectivity index (χ0) is 22.6. The van der Waals surface area contributed by atoms with Gasteiger partial charge in [0.2, 0.25) is 0 Å². The minimum absolute atomic E-state index is 0.0397. The van der Waals surface area contributed by atoms with Crippen LogP contribution in [-0.2, 0) is 19.4 Å². The van der Waals surface area contributed by atoms with Crippen LogP contribution in [0.5, 0.6) is 0 Å². The molecular formula is C24H28Cl2N4O2. The van der Waals surface area contributed by atoms with E-state index >= 15 is 0 Å². The number of halogens is 2. The van der Waals surface area contributed by atoms with Gasteiger partial charge >= 0.3 is 0 Å². The number of amides is 1. The Kier molecular flexibility index (Phi) is 5.59. The smallest absolute Gasteiger partial charge is 0.283 e. The summed E-state index contributed by atoms with van der Waals surface area (Å²) in [5.74, 6) is 1.13. The van der Waals surface area contributed by atoms with Crippen LogP contribution in [0.4, 0.5) is 0 Å². The Balaban J connectivity index is 1.12.